The lowest BCUT2D eigenvalue weighted by molar-refractivity contribution is 0.153. The predicted octanol–water partition coefficient (Wildman–Crippen LogP) is 1.76. The summed E-state index contributed by atoms with van der Waals surface area (Å²) >= 11 is 0. The first-order chi connectivity index (χ1) is 8.81. The summed E-state index contributed by atoms with van der Waals surface area (Å²) < 4.78 is 1.72. The number of aliphatic hydroxyl groups is 1. The summed E-state index contributed by atoms with van der Waals surface area (Å²) in [5.74, 6) is 0.788. The smallest absolute Gasteiger partial charge is 0.156 e. The van der Waals surface area contributed by atoms with E-state index in [2.05, 4.69) is 22.4 Å². The Morgan fingerprint density at radius 1 is 1.22 bits per heavy atom. The molecular weight excluding hydrogens is 228 g/mol. The number of para-hydroxylation sites is 1. The molecule has 96 valence electrons. The van der Waals surface area contributed by atoms with Gasteiger partial charge in [-0.25, -0.2) is 0 Å². The zero-order valence-corrected chi connectivity index (χ0v) is 10.5. The van der Waals surface area contributed by atoms with Crippen LogP contribution in [0.1, 0.15) is 32.0 Å². The molecule has 0 bridgehead atoms. The zero-order valence-electron chi connectivity index (χ0n) is 10.5. The van der Waals surface area contributed by atoms with Crippen LogP contribution in [0.15, 0.2) is 30.3 Å². The first-order valence-electron chi connectivity index (χ1n) is 6.32. The molecule has 0 saturated carbocycles. The summed E-state index contributed by atoms with van der Waals surface area (Å²) in [6, 6.07) is 9.78. The van der Waals surface area contributed by atoms with E-state index >= 15 is 0 Å². The normalized spacial score (nSPS) is 12.6. The van der Waals surface area contributed by atoms with E-state index in [0.717, 1.165) is 24.4 Å². The molecule has 0 radical (unpaired) electrons. The van der Waals surface area contributed by atoms with Crippen molar-refractivity contribution in [3.8, 4) is 5.69 Å². The third-order valence-corrected chi connectivity index (χ3v) is 2.86. The van der Waals surface area contributed by atoms with Gasteiger partial charge < -0.3 is 5.11 Å². The van der Waals surface area contributed by atoms with Crippen molar-refractivity contribution in [1.82, 2.24) is 20.2 Å². The van der Waals surface area contributed by atoms with Crippen LogP contribution in [0.5, 0.6) is 0 Å². The van der Waals surface area contributed by atoms with Crippen molar-refractivity contribution >= 4 is 0 Å². The Bertz CT molecular complexity index is 469. The lowest BCUT2D eigenvalue weighted by Gasteiger charge is -2.08. The Hall–Kier alpha value is -1.75. The van der Waals surface area contributed by atoms with Crippen LogP contribution in [0.25, 0.3) is 5.69 Å². The highest BCUT2D eigenvalue weighted by atomic mass is 16.3. The molecule has 1 aromatic carbocycles. The Kier molecular flexibility index (Phi) is 4.41. The van der Waals surface area contributed by atoms with Crippen molar-refractivity contribution < 1.29 is 5.11 Å². The number of rotatable bonds is 6. The van der Waals surface area contributed by atoms with Crippen LogP contribution >= 0.6 is 0 Å². The minimum Gasteiger partial charge on any atom is -0.393 e. The summed E-state index contributed by atoms with van der Waals surface area (Å²) in [5.41, 5.74) is 0.947. The minimum absolute atomic E-state index is 0.268. The van der Waals surface area contributed by atoms with Crippen molar-refractivity contribution in [2.45, 2.75) is 38.7 Å². The summed E-state index contributed by atoms with van der Waals surface area (Å²) in [4.78, 5) is 0. The SMILES string of the molecule is CCCC(O)CCc1nnnn1-c1ccccc1. The van der Waals surface area contributed by atoms with Gasteiger partial charge in [-0.15, -0.1) is 5.10 Å². The highest BCUT2D eigenvalue weighted by Gasteiger charge is 2.10. The Morgan fingerprint density at radius 2 is 2.00 bits per heavy atom. The molecule has 0 aliphatic rings. The number of hydrogen-bond donors (Lipinski definition) is 1. The Labute approximate surface area is 106 Å². The maximum atomic E-state index is 9.73. The van der Waals surface area contributed by atoms with E-state index in [0.29, 0.717) is 12.8 Å². The van der Waals surface area contributed by atoms with Crippen molar-refractivity contribution in [1.29, 1.82) is 0 Å². The van der Waals surface area contributed by atoms with Crippen LogP contribution < -0.4 is 0 Å². The van der Waals surface area contributed by atoms with Crippen LogP contribution in [-0.4, -0.2) is 31.4 Å². The van der Waals surface area contributed by atoms with E-state index < -0.39 is 0 Å². The minimum atomic E-state index is -0.268. The van der Waals surface area contributed by atoms with Crippen molar-refractivity contribution in [3.63, 3.8) is 0 Å². The highest BCUT2D eigenvalue weighted by molar-refractivity contribution is 5.30. The van der Waals surface area contributed by atoms with Gasteiger partial charge in [0.25, 0.3) is 0 Å². The molecule has 2 rings (SSSR count). The van der Waals surface area contributed by atoms with Crippen LogP contribution in [0.3, 0.4) is 0 Å². The topological polar surface area (TPSA) is 63.8 Å². The van der Waals surface area contributed by atoms with E-state index in [1.807, 2.05) is 30.3 Å². The van der Waals surface area contributed by atoms with Gasteiger partial charge in [0.05, 0.1) is 11.8 Å². The molecule has 1 unspecified atom stereocenters. The standard InChI is InChI=1S/C13H18N4O/c1-2-6-12(18)9-10-13-14-15-16-17(13)11-7-4-3-5-8-11/h3-5,7-8,12,18H,2,6,9-10H2,1H3. The van der Waals surface area contributed by atoms with Gasteiger partial charge in [0.2, 0.25) is 0 Å². The fraction of sp³-hybridized carbons (Fsp3) is 0.462. The predicted molar refractivity (Wildman–Crippen MR) is 68.4 cm³/mol. The van der Waals surface area contributed by atoms with Gasteiger partial charge in [0.15, 0.2) is 5.82 Å². The molecule has 0 amide bonds. The molecule has 18 heavy (non-hydrogen) atoms. The lowest BCUT2D eigenvalue weighted by Crippen LogP contribution is -2.10. The molecule has 0 aliphatic carbocycles. The van der Waals surface area contributed by atoms with Gasteiger partial charge in [-0.3, -0.25) is 0 Å². The van der Waals surface area contributed by atoms with Crippen molar-refractivity contribution in [2.24, 2.45) is 0 Å². The molecule has 0 saturated heterocycles. The van der Waals surface area contributed by atoms with Crippen LogP contribution in [-0.2, 0) is 6.42 Å². The van der Waals surface area contributed by atoms with E-state index in [4.69, 9.17) is 0 Å². The molecule has 0 spiro atoms. The molecule has 2 aromatic rings. The fourth-order valence-corrected chi connectivity index (χ4v) is 1.90. The van der Waals surface area contributed by atoms with Gasteiger partial charge in [0, 0.05) is 6.42 Å². The quantitative estimate of drug-likeness (QED) is 0.843. The number of tetrazole rings is 1. The summed E-state index contributed by atoms with van der Waals surface area (Å²) in [5, 5.41) is 21.4. The van der Waals surface area contributed by atoms with E-state index in [-0.39, 0.29) is 6.10 Å². The highest BCUT2D eigenvalue weighted by Crippen LogP contribution is 2.10. The van der Waals surface area contributed by atoms with Gasteiger partial charge in [-0.05, 0) is 35.4 Å². The molecular formula is C13H18N4O. The monoisotopic (exact) mass is 246 g/mol. The summed E-state index contributed by atoms with van der Waals surface area (Å²) in [6.45, 7) is 2.07. The van der Waals surface area contributed by atoms with Crippen LogP contribution in [0.4, 0.5) is 0 Å². The number of nitrogens with zero attached hydrogens (tertiary/aromatic N) is 4. The molecule has 1 aromatic heterocycles. The second kappa shape index (κ2) is 6.26. The number of benzene rings is 1. The molecule has 1 atom stereocenters. The molecule has 0 aliphatic heterocycles. The first kappa shape index (κ1) is 12.7. The maximum Gasteiger partial charge on any atom is 0.156 e. The molecule has 5 heteroatoms. The van der Waals surface area contributed by atoms with Gasteiger partial charge >= 0.3 is 0 Å². The lowest BCUT2D eigenvalue weighted by atomic mass is 10.1. The second-order valence-corrected chi connectivity index (χ2v) is 4.32. The number of aryl methyl sites for hydroxylation is 1. The summed E-state index contributed by atoms with van der Waals surface area (Å²) in [7, 11) is 0. The summed E-state index contributed by atoms with van der Waals surface area (Å²) in [6.07, 6.45) is 2.93. The maximum absolute atomic E-state index is 9.73. The number of hydrogen-bond acceptors (Lipinski definition) is 4. The third-order valence-electron chi connectivity index (χ3n) is 2.86. The molecule has 1 heterocycles. The number of aromatic nitrogens is 4. The van der Waals surface area contributed by atoms with Gasteiger partial charge in [-0.2, -0.15) is 4.68 Å². The average Bonchev–Trinajstić information content (AvgIpc) is 2.86. The molecule has 1 N–H and O–H groups in total. The average molecular weight is 246 g/mol. The number of aliphatic hydroxyl groups excluding tert-OH is 1. The van der Waals surface area contributed by atoms with Crippen LogP contribution in [0, 0.1) is 0 Å². The van der Waals surface area contributed by atoms with Crippen molar-refractivity contribution in [2.75, 3.05) is 0 Å². The zero-order chi connectivity index (χ0) is 12.8. The first-order valence-corrected chi connectivity index (χ1v) is 6.32. The second-order valence-electron chi connectivity index (χ2n) is 4.32. The third kappa shape index (κ3) is 3.13. The van der Waals surface area contributed by atoms with Crippen LogP contribution in [0.2, 0.25) is 0 Å². The van der Waals surface area contributed by atoms with E-state index in [1.54, 1.807) is 4.68 Å². The Morgan fingerprint density at radius 3 is 2.72 bits per heavy atom. The van der Waals surface area contributed by atoms with E-state index in [9.17, 15) is 5.11 Å². The largest absolute Gasteiger partial charge is 0.393 e. The van der Waals surface area contributed by atoms with Gasteiger partial charge in [0.1, 0.15) is 0 Å². The van der Waals surface area contributed by atoms with Crippen molar-refractivity contribution in [3.05, 3.63) is 36.2 Å². The van der Waals surface area contributed by atoms with E-state index in [1.165, 1.54) is 0 Å². The molecule has 0 fully saturated rings. The van der Waals surface area contributed by atoms with Gasteiger partial charge in [-0.1, -0.05) is 31.5 Å². The Balaban J connectivity index is 2.05. The molecule has 5 nitrogen and oxygen atoms in total. The fourth-order valence-electron chi connectivity index (χ4n) is 1.90.